The Morgan fingerprint density at radius 3 is 2.30 bits per heavy atom. The van der Waals surface area contributed by atoms with Crippen molar-refractivity contribution in [2.45, 2.75) is 42.7 Å². The zero-order valence-corrected chi connectivity index (χ0v) is 19.0. The maximum Gasteiger partial charge on any atom is 0.242 e. The number of halogens is 3. The third-order valence-electron chi connectivity index (χ3n) is 5.30. The Bertz CT molecular complexity index is 1180. The van der Waals surface area contributed by atoms with Crippen molar-refractivity contribution in [3.05, 3.63) is 63.7 Å². The lowest BCUT2D eigenvalue weighted by molar-refractivity contribution is 0.387. The van der Waals surface area contributed by atoms with Gasteiger partial charge in [-0.15, -0.1) is 0 Å². The third kappa shape index (κ3) is 4.84. The fourth-order valence-corrected chi connectivity index (χ4v) is 6.02. The molecule has 1 saturated carbocycles. The molecule has 0 saturated heterocycles. The maximum atomic E-state index is 12.7. The summed E-state index contributed by atoms with van der Waals surface area (Å²) in [5.41, 5.74) is 1.85. The molecule has 1 heterocycles. The van der Waals surface area contributed by atoms with Gasteiger partial charge in [0.05, 0.1) is 10.5 Å². The number of pyridine rings is 1. The molecule has 0 aliphatic heterocycles. The molecule has 9 heteroatoms. The molecule has 0 spiro atoms. The van der Waals surface area contributed by atoms with Gasteiger partial charge in [-0.1, -0.05) is 34.8 Å². The van der Waals surface area contributed by atoms with Crippen molar-refractivity contribution in [3.63, 3.8) is 0 Å². The highest BCUT2D eigenvalue weighted by Crippen LogP contribution is 2.30. The Balaban J connectivity index is 1.40. The zero-order chi connectivity index (χ0) is 21.3. The standard InChI is InChI=1S/C21H20Cl3N3O2S/c22-13-1-7-17-19(9-10-25-20(17)11-13)26-15-3-5-16(6-4-15)27-30(28,29)21-12-14(23)2-8-18(21)24/h1-2,7-12,15-16,27H,3-6H2,(H,25,26)/t15-,16+. The van der Waals surface area contributed by atoms with Crippen LogP contribution in [0.3, 0.4) is 0 Å². The first-order valence-electron chi connectivity index (χ1n) is 9.60. The molecule has 158 valence electrons. The summed E-state index contributed by atoms with van der Waals surface area (Å²) in [4.78, 5) is 4.38. The van der Waals surface area contributed by atoms with Gasteiger partial charge in [-0.05, 0) is 68.1 Å². The van der Waals surface area contributed by atoms with Gasteiger partial charge in [0, 0.05) is 39.4 Å². The van der Waals surface area contributed by atoms with Crippen LogP contribution in [-0.4, -0.2) is 25.5 Å². The lowest BCUT2D eigenvalue weighted by atomic mass is 9.91. The van der Waals surface area contributed by atoms with Gasteiger partial charge in [0.15, 0.2) is 0 Å². The van der Waals surface area contributed by atoms with Gasteiger partial charge in [0.2, 0.25) is 10.0 Å². The molecule has 2 aromatic carbocycles. The number of nitrogens with one attached hydrogen (secondary N) is 2. The second kappa shape index (κ2) is 8.89. The molecule has 0 amide bonds. The van der Waals surface area contributed by atoms with Crippen molar-refractivity contribution in [1.29, 1.82) is 0 Å². The van der Waals surface area contributed by atoms with E-state index in [9.17, 15) is 8.42 Å². The van der Waals surface area contributed by atoms with Gasteiger partial charge in [-0.25, -0.2) is 13.1 Å². The Morgan fingerprint density at radius 1 is 0.867 bits per heavy atom. The average Bonchev–Trinajstić information content (AvgIpc) is 2.71. The molecule has 0 unspecified atom stereocenters. The van der Waals surface area contributed by atoms with E-state index in [0.717, 1.165) is 42.3 Å². The minimum absolute atomic E-state index is 0.0128. The highest BCUT2D eigenvalue weighted by molar-refractivity contribution is 7.89. The molecule has 0 atom stereocenters. The molecular weight excluding hydrogens is 465 g/mol. The van der Waals surface area contributed by atoms with Crippen LogP contribution >= 0.6 is 34.8 Å². The van der Waals surface area contributed by atoms with Crippen LogP contribution in [0.2, 0.25) is 15.1 Å². The smallest absolute Gasteiger partial charge is 0.242 e. The van der Waals surface area contributed by atoms with E-state index in [4.69, 9.17) is 34.8 Å². The summed E-state index contributed by atoms with van der Waals surface area (Å²) in [6.45, 7) is 0. The molecule has 30 heavy (non-hydrogen) atoms. The Kier molecular flexibility index (Phi) is 6.42. The van der Waals surface area contributed by atoms with Crippen LogP contribution in [0.4, 0.5) is 5.69 Å². The summed E-state index contributed by atoms with van der Waals surface area (Å²) < 4.78 is 28.2. The largest absolute Gasteiger partial charge is 0.382 e. The number of hydrogen-bond acceptors (Lipinski definition) is 4. The quantitative estimate of drug-likeness (QED) is 0.473. The van der Waals surface area contributed by atoms with Crippen LogP contribution in [0.15, 0.2) is 53.6 Å². The second-order valence-electron chi connectivity index (χ2n) is 7.41. The Labute approximate surface area is 190 Å². The van der Waals surface area contributed by atoms with Crippen molar-refractivity contribution in [2.75, 3.05) is 5.32 Å². The first-order chi connectivity index (χ1) is 14.3. The molecule has 4 rings (SSSR count). The monoisotopic (exact) mass is 483 g/mol. The fraction of sp³-hybridized carbons (Fsp3) is 0.286. The van der Waals surface area contributed by atoms with E-state index in [1.807, 2.05) is 24.3 Å². The fourth-order valence-electron chi connectivity index (χ4n) is 3.79. The molecule has 1 aliphatic carbocycles. The summed E-state index contributed by atoms with van der Waals surface area (Å²) in [5, 5.41) is 5.73. The van der Waals surface area contributed by atoms with Gasteiger partial charge in [-0.2, -0.15) is 0 Å². The van der Waals surface area contributed by atoms with Gasteiger partial charge in [0.25, 0.3) is 0 Å². The summed E-state index contributed by atoms with van der Waals surface area (Å²) in [7, 11) is -3.73. The Hall–Kier alpha value is -1.57. The third-order valence-corrected chi connectivity index (χ3v) is 7.77. The molecule has 3 aromatic rings. The molecule has 2 N–H and O–H groups in total. The van der Waals surface area contributed by atoms with Gasteiger partial charge < -0.3 is 5.32 Å². The predicted molar refractivity (Wildman–Crippen MR) is 123 cm³/mol. The van der Waals surface area contributed by atoms with Crippen LogP contribution in [0.25, 0.3) is 10.9 Å². The van der Waals surface area contributed by atoms with E-state index in [1.54, 1.807) is 12.3 Å². The number of anilines is 1. The minimum atomic E-state index is -3.73. The lowest BCUT2D eigenvalue weighted by Crippen LogP contribution is -2.40. The molecule has 0 radical (unpaired) electrons. The number of sulfonamides is 1. The highest BCUT2D eigenvalue weighted by atomic mass is 35.5. The lowest BCUT2D eigenvalue weighted by Gasteiger charge is -2.30. The topological polar surface area (TPSA) is 71.1 Å². The second-order valence-corrected chi connectivity index (χ2v) is 10.4. The van der Waals surface area contributed by atoms with Crippen LogP contribution < -0.4 is 10.0 Å². The predicted octanol–water partition coefficient (Wildman–Crippen LogP) is 5.90. The van der Waals surface area contributed by atoms with Crippen LogP contribution in [-0.2, 0) is 10.0 Å². The van der Waals surface area contributed by atoms with Crippen molar-refractivity contribution in [1.82, 2.24) is 9.71 Å². The minimum Gasteiger partial charge on any atom is -0.382 e. The first-order valence-corrected chi connectivity index (χ1v) is 12.2. The molecule has 1 aromatic heterocycles. The van der Waals surface area contributed by atoms with Crippen molar-refractivity contribution in [3.8, 4) is 0 Å². The van der Waals surface area contributed by atoms with E-state index >= 15 is 0 Å². The highest BCUT2D eigenvalue weighted by Gasteiger charge is 2.27. The van der Waals surface area contributed by atoms with E-state index in [2.05, 4.69) is 15.0 Å². The molecular formula is C21H20Cl3N3O2S. The molecule has 1 fully saturated rings. The number of fused-ring (bicyclic) bond motifs is 1. The normalized spacial score (nSPS) is 19.7. The number of benzene rings is 2. The summed E-state index contributed by atoms with van der Waals surface area (Å²) in [5.74, 6) is 0. The average molecular weight is 485 g/mol. The van der Waals surface area contributed by atoms with Crippen molar-refractivity contribution < 1.29 is 8.42 Å². The number of rotatable bonds is 5. The van der Waals surface area contributed by atoms with Crippen molar-refractivity contribution in [2.24, 2.45) is 0 Å². The van der Waals surface area contributed by atoms with E-state index < -0.39 is 10.0 Å². The number of nitrogens with zero attached hydrogens (tertiary/aromatic N) is 1. The van der Waals surface area contributed by atoms with Gasteiger partial charge in [-0.3, -0.25) is 4.98 Å². The molecule has 0 bridgehead atoms. The molecule has 5 nitrogen and oxygen atoms in total. The zero-order valence-electron chi connectivity index (χ0n) is 15.9. The van der Waals surface area contributed by atoms with Crippen LogP contribution in [0, 0.1) is 0 Å². The van der Waals surface area contributed by atoms with Crippen LogP contribution in [0.1, 0.15) is 25.7 Å². The number of aromatic nitrogens is 1. The van der Waals surface area contributed by atoms with E-state index in [1.165, 1.54) is 12.1 Å². The number of hydrogen-bond donors (Lipinski definition) is 2. The van der Waals surface area contributed by atoms with Gasteiger partial charge >= 0.3 is 0 Å². The maximum absolute atomic E-state index is 12.7. The van der Waals surface area contributed by atoms with E-state index in [0.29, 0.717) is 10.0 Å². The van der Waals surface area contributed by atoms with Crippen LogP contribution in [0.5, 0.6) is 0 Å². The molecule has 1 aliphatic rings. The Morgan fingerprint density at radius 2 is 1.53 bits per heavy atom. The summed E-state index contributed by atoms with van der Waals surface area (Å²) in [6, 6.07) is 12.1. The van der Waals surface area contributed by atoms with Gasteiger partial charge in [0.1, 0.15) is 4.90 Å². The van der Waals surface area contributed by atoms with Crippen molar-refractivity contribution >= 4 is 61.4 Å². The van der Waals surface area contributed by atoms with E-state index in [-0.39, 0.29) is 22.0 Å². The summed E-state index contributed by atoms with van der Waals surface area (Å²) in [6.07, 6.45) is 4.89. The first kappa shape index (κ1) is 21.7. The summed E-state index contributed by atoms with van der Waals surface area (Å²) >= 11 is 18.1. The SMILES string of the molecule is O=S(=O)(N[C@H]1CC[C@@H](Nc2ccnc3cc(Cl)ccc23)CC1)c1cc(Cl)ccc1Cl.